The van der Waals surface area contributed by atoms with Crippen molar-refractivity contribution >= 4 is 52.2 Å². The van der Waals surface area contributed by atoms with Crippen LogP contribution in [0.4, 0.5) is 11.4 Å². The molecule has 4 N–H and O–H groups in total. The minimum absolute atomic E-state index is 0.143. The van der Waals surface area contributed by atoms with Crippen molar-refractivity contribution in [2.75, 3.05) is 10.6 Å². The van der Waals surface area contributed by atoms with Gasteiger partial charge < -0.3 is 16.4 Å². The molecule has 0 aliphatic rings. The minimum atomic E-state index is -0.512. The molecule has 0 fully saturated rings. The Morgan fingerprint density at radius 2 is 1.55 bits per heavy atom. The Labute approximate surface area is 176 Å². The summed E-state index contributed by atoms with van der Waals surface area (Å²) in [6, 6.07) is 17.4. The molecule has 148 valence electrons. The molecule has 2 aromatic carbocycles. The molecule has 1 unspecified atom stereocenters. The van der Waals surface area contributed by atoms with Crippen molar-refractivity contribution in [3.8, 4) is 0 Å². The highest BCUT2D eigenvalue weighted by Gasteiger charge is 2.15. The molecule has 0 saturated heterocycles. The van der Waals surface area contributed by atoms with Crippen LogP contribution in [0.3, 0.4) is 0 Å². The van der Waals surface area contributed by atoms with E-state index in [0.29, 0.717) is 21.8 Å². The number of hydrogen-bond acceptors (Lipinski definition) is 5. The topological polar surface area (TPSA) is 101 Å². The summed E-state index contributed by atoms with van der Waals surface area (Å²) in [7, 11) is 0. The first kappa shape index (κ1) is 20.6. The van der Waals surface area contributed by atoms with Gasteiger partial charge in [0.05, 0.1) is 10.1 Å². The first-order chi connectivity index (χ1) is 13.9. The Morgan fingerprint density at radius 1 is 0.931 bits per heavy atom. The highest BCUT2D eigenvalue weighted by molar-refractivity contribution is 8.00. The number of nitrogens with one attached hydrogen (secondary N) is 2. The fourth-order valence-corrected chi connectivity index (χ4v) is 3.92. The number of thiophene rings is 1. The predicted octanol–water partition coefficient (Wildman–Crippen LogP) is 4.22. The molecule has 8 heteroatoms. The van der Waals surface area contributed by atoms with Gasteiger partial charge in [0.2, 0.25) is 11.8 Å². The van der Waals surface area contributed by atoms with E-state index >= 15 is 0 Å². The summed E-state index contributed by atoms with van der Waals surface area (Å²) >= 11 is 2.79. The van der Waals surface area contributed by atoms with E-state index in [-0.39, 0.29) is 17.1 Å². The van der Waals surface area contributed by atoms with E-state index in [4.69, 9.17) is 5.73 Å². The van der Waals surface area contributed by atoms with Crippen LogP contribution in [0, 0.1) is 0 Å². The van der Waals surface area contributed by atoms with Crippen molar-refractivity contribution in [2.24, 2.45) is 5.73 Å². The maximum absolute atomic E-state index is 12.4. The lowest BCUT2D eigenvalue weighted by molar-refractivity contribution is -0.115. The molecule has 0 radical (unpaired) electrons. The Morgan fingerprint density at radius 3 is 2.14 bits per heavy atom. The van der Waals surface area contributed by atoms with Gasteiger partial charge in [0.1, 0.15) is 0 Å². The number of carbonyl (C=O) groups is 3. The number of primary amides is 1. The molecule has 3 amide bonds. The van der Waals surface area contributed by atoms with Crippen molar-refractivity contribution in [1.82, 2.24) is 0 Å². The first-order valence-corrected chi connectivity index (χ1v) is 10.5. The lowest BCUT2D eigenvalue weighted by Crippen LogP contribution is -2.22. The van der Waals surface area contributed by atoms with Gasteiger partial charge in [-0.1, -0.05) is 6.07 Å². The zero-order valence-electron chi connectivity index (χ0n) is 15.5. The van der Waals surface area contributed by atoms with E-state index in [0.717, 1.165) is 4.90 Å². The average Bonchev–Trinajstić information content (AvgIpc) is 3.25. The standard InChI is InChI=1S/C21H19N3O3S2/c1-13(20(26)23-15-6-4-14(5-7-15)19(22)25)29-17-10-8-16(9-11-17)24-21(27)18-3-2-12-28-18/h2-13H,1H3,(H2,22,25)(H,23,26)(H,24,27). The second-order valence-electron chi connectivity index (χ2n) is 6.15. The van der Waals surface area contributed by atoms with Crippen LogP contribution in [-0.2, 0) is 4.79 Å². The van der Waals surface area contributed by atoms with Crippen molar-refractivity contribution in [2.45, 2.75) is 17.1 Å². The number of benzene rings is 2. The number of thioether (sulfide) groups is 1. The molecule has 0 aliphatic heterocycles. The van der Waals surface area contributed by atoms with E-state index in [9.17, 15) is 14.4 Å². The van der Waals surface area contributed by atoms with Gasteiger partial charge in [0.15, 0.2) is 0 Å². The van der Waals surface area contributed by atoms with Crippen molar-refractivity contribution in [1.29, 1.82) is 0 Å². The third-order valence-electron chi connectivity index (χ3n) is 3.98. The van der Waals surface area contributed by atoms with Crippen LogP contribution in [0.5, 0.6) is 0 Å². The molecule has 3 rings (SSSR count). The Kier molecular flexibility index (Phi) is 6.69. The highest BCUT2D eigenvalue weighted by atomic mass is 32.2. The third-order valence-corrected chi connectivity index (χ3v) is 5.96. The fourth-order valence-electron chi connectivity index (χ4n) is 2.44. The summed E-state index contributed by atoms with van der Waals surface area (Å²) < 4.78 is 0. The summed E-state index contributed by atoms with van der Waals surface area (Å²) in [6.07, 6.45) is 0. The smallest absolute Gasteiger partial charge is 0.265 e. The van der Waals surface area contributed by atoms with Gasteiger partial charge in [-0.25, -0.2) is 0 Å². The monoisotopic (exact) mass is 425 g/mol. The van der Waals surface area contributed by atoms with E-state index in [1.165, 1.54) is 23.1 Å². The first-order valence-electron chi connectivity index (χ1n) is 8.74. The molecule has 0 bridgehead atoms. The van der Waals surface area contributed by atoms with Crippen LogP contribution in [0.15, 0.2) is 70.9 Å². The summed E-state index contributed by atoms with van der Waals surface area (Å²) in [4.78, 5) is 37.1. The summed E-state index contributed by atoms with van der Waals surface area (Å²) in [5, 5.41) is 7.17. The zero-order valence-corrected chi connectivity index (χ0v) is 17.2. The van der Waals surface area contributed by atoms with E-state index in [2.05, 4.69) is 10.6 Å². The lowest BCUT2D eigenvalue weighted by Gasteiger charge is -2.13. The molecular weight excluding hydrogens is 406 g/mol. The van der Waals surface area contributed by atoms with Crippen LogP contribution in [0.2, 0.25) is 0 Å². The van der Waals surface area contributed by atoms with E-state index < -0.39 is 5.91 Å². The van der Waals surface area contributed by atoms with Crippen LogP contribution in [0.25, 0.3) is 0 Å². The molecule has 0 saturated carbocycles. The molecule has 3 aromatic rings. The van der Waals surface area contributed by atoms with Gasteiger partial charge >= 0.3 is 0 Å². The number of amides is 3. The van der Waals surface area contributed by atoms with Gasteiger partial charge in [0, 0.05) is 21.8 Å². The third kappa shape index (κ3) is 5.69. The van der Waals surface area contributed by atoms with Crippen molar-refractivity contribution < 1.29 is 14.4 Å². The number of nitrogens with two attached hydrogens (primary N) is 1. The molecule has 0 aliphatic carbocycles. The summed E-state index contributed by atoms with van der Waals surface area (Å²) in [5.74, 6) is -0.811. The van der Waals surface area contributed by atoms with Gasteiger partial charge in [0.25, 0.3) is 5.91 Å². The molecule has 1 heterocycles. The Bertz CT molecular complexity index is 1000. The largest absolute Gasteiger partial charge is 0.366 e. The normalized spacial score (nSPS) is 11.5. The van der Waals surface area contributed by atoms with Gasteiger partial charge in [-0.3, -0.25) is 14.4 Å². The van der Waals surface area contributed by atoms with Crippen LogP contribution < -0.4 is 16.4 Å². The number of hydrogen-bond donors (Lipinski definition) is 3. The van der Waals surface area contributed by atoms with Gasteiger partial charge in [-0.05, 0) is 66.9 Å². The van der Waals surface area contributed by atoms with Gasteiger partial charge in [-0.2, -0.15) is 0 Å². The van der Waals surface area contributed by atoms with Crippen molar-refractivity contribution in [3.05, 3.63) is 76.5 Å². The molecule has 1 atom stereocenters. The Balaban J connectivity index is 1.54. The van der Waals surface area contributed by atoms with E-state index in [1.807, 2.05) is 30.5 Å². The number of anilines is 2. The molecule has 1 aromatic heterocycles. The van der Waals surface area contributed by atoms with E-state index in [1.54, 1.807) is 42.5 Å². The SMILES string of the molecule is CC(Sc1ccc(NC(=O)c2cccs2)cc1)C(=O)Nc1ccc(C(N)=O)cc1. The summed E-state index contributed by atoms with van der Waals surface area (Å²) in [6.45, 7) is 1.81. The van der Waals surface area contributed by atoms with Crippen LogP contribution in [0.1, 0.15) is 27.0 Å². The maximum atomic E-state index is 12.4. The zero-order chi connectivity index (χ0) is 20.8. The lowest BCUT2D eigenvalue weighted by atomic mass is 10.2. The summed E-state index contributed by atoms with van der Waals surface area (Å²) in [5.41, 5.74) is 6.88. The molecular formula is C21H19N3O3S2. The second-order valence-corrected chi connectivity index (χ2v) is 8.51. The van der Waals surface area contributed by atoms with Crippen LogP contribution >= 0.6 is 23.1 Å². The quantitative estimate of drug-likeness (QED) is 0.493. The van der Waals surface area contributed by atoms with Crippen LogP contribution in [-0.4, -0.2) is 23.0 Å². The maximum Gasteiger partial charge on any atom is 0.265 e. The second kappa shape index (κ2) is 9.40. The average molecular weight is 426 g/mol. The Hall–Kier alpha value is -3.10. The molecule has 0 spiro atoms. The predicted molar refractivity (Wildman–Crippen MR) is 118 cm³/mol. The highest BCUT2D eigenvalue weighted by Crippen LogP contribution is 2.26. The van der Waals surface area contributed by atoms with Gasteiger partial charge in [-0.15, -0.1) is 23.1 Å². The fraction of sp³-hybridized carbons (Fsp3) is 0.0952. The molecule has 6 nitrogen and oxygen atoms in total. The molecule has 29 heavy (non-hydrogen) atoms. The number of rotatable bonds is 7. The number of carbonyl (C=O) groups excluding carboxylic acids is 3. The minimum Gasteiger partial charge on any atom is -0.366 e. The van der Waals surface area contributed by atoms with Crippen molar-refractivity contribution in [3.63, 3.8) is 0 Å².